The Hall–Kier alpha value is -3.23. The Bertz CT molecular complexity index is 1410. The van der Waals surface area contributed by atoms with E-state index in [0.717, 1.165) is 52.9 Å². The largest absolute Gasteiger partial charge is 0.493 e. The van der Waals surface area contributed by atoms with E-state index in [1.54, 1.807) is 21.3 Å². The van der Waals surface area contributed by atoms with Crippen LogP contribution in [0.1, 0.15) is 60.2 Å². The van der Waals surface area contributed by atoms with Gasteiger partial charge in [0.2, 0.25) is 5.91 Å². The predicted molar refractivity (Wildman–Crippen MR) is 163 cm³/mol. The molecule has 0 fully saturated rings. The van der Waals surface area contributed by atoms with Gasteiger partial charge in [-0.2, -0.15) is 0 Å². The minimum atomic E-state index is -0.0326. The maximum atomic E-state index is 13.5. The van der Waals surface area contributed by atoms with E-state index in [1.165, 1.54) is 16.7 Å². The number of carbonyl (C=O) groups excluding carboxylic acids is 1. The van der Waals surface area contributed by atoms with Gasteiger partial charge in [-0.05, 0) is 104 Å². The van der Waals surface area contributed by atoms with Gasteiger partial charge in [0.25, 0.3) is 0 Å². The van der Waals surface area contributed by atoms with Gasteiger partial charge >= 0.3 is 0 Å². The van der Waals surface area contributed by atoms with Gasteiger partial charge in [-0.1, -0.05) is 28.1 Å². The number of amides is 1. The number of carbonyl (C=O) groups is 1. The lowest BCUT2D eigenvalue weighted by molar-refractivity contribution is -0.123. The molecule has 1 aliphatic carbocycles. The predicted octanol–water partition coefficient (Wildman–Crippen LogP) is 6.21. The summed E-state index contributed by atoms with van der Waals surface area (Å²) in [5, 5.41) is 3.32. The summed E-state index contributed by atoms with van der Waals surface area (Å²) in [5.41, 5.74) is 6.00. The van der Waals surface area contributed by atoms with Crippen LogP contribution in [-0.2, 0) is 24.1 Å². The summed E-state index contributed by atoms with van der Waals surface area (Å²) in [4.78, 5) is 15.8. The molecule has 3 aromatic carbocycles. The number of hydrogen-bond donors (Lipinski definition) is 1. The second kappa shape index (κ2) is 12.7. The van der Waals surface area contributed by atoms with Crippen LogP contribution in [0.2, 0.25) is 0 Å². The molecule has 1 amide bonds. The van der Waals surface area contributed by atoms with Gasteiger partial charge in [-0.25, -0.2) is 0 Å². The van der Waals surface area contributed by atoms with Crippen LogP contribution in [-0.4, -0.2) is 51.3 Å². The van der Waals surface area contributed by atoms with Crippen molar-refractivity contribution in [2.45, 2.75) is 57.7 Å². The van der Waals surface area contributed by atoms with Crippen molar-refractivity contribution in [2.24, 2.45) is 0 Å². The summed E-state index contributed by atoms with van der Waals surface area (Å²) in [6.45, 7) is 5.10. The Morgan fingerprint density at radius 3 is 2.37 bits per heavy atom. The third kappa shape index (κ3) is 6.49. The lowest BCUT2D eigenvalue weighted by atomic mass is 9.88. The first-order valence-corrected chi connectivity index (χ1v) is 15.0. The molecule has 41 heavy (non-hydrogen) atoms. The van der Waals surface area contributed by atoms with E-state index >= 15 is 0 Å². The lowest BCUT2D eigenvalue weighted by Gasteiger charge is -2.38. The number of halogens is 1. The molecule has 218 valence electrons. The van der Waals surface area contributed by atoms with Crippen LogP contribution < -0.4 is 24.3 Å². The maximum absolute atomic E-state index is 13.5. The fourth-order valence-corrected chi connectivity index (χ4v) is 6.49. The molecule has 1 aliphatic heterocycles. The first-order valence-electron chi connectivity index (χ1n) is 14.2. The number of fused-ring (bicyclic) bond motifs is 2. The fourth-order valence-electron chi connectivity index (χ4n) is 6.09. The molecule has 0 saturated carbocycles. The van der Waals surface area contributed by atoms with Gasteiger partial charge in [0.15, 0.2) is 23.0 Å². The number of methoxy groups -OCH3 is 3. The Balaban J connectivity index is 1.43. The van der Waals surface area contributed by atoms with Crippen LogP contribution in [0.3, 0.4) is 0 Å². The van der Waals surface area contributed by atoms with E-state index in [4.69, 9.17) is 18.9 Å². The van der Waals surface area contributed by atoms with Gasteiger partial charge in [-0.15, -0.1) is 0 Å². The van der Waals surface area contributed by atoms with Crippen molar-refractivity contribution in [3.63, 3.8) is 0 Å². The number of hydrogen-bond acceptors (Lipinski definition) is 6. The number of benzene rings is 3. The van der Waals surface area contributed by atoms with E-state index in [9.17, 15) is 4.79 Å². The topological polar surface area (TPSA) is 69.3 Å². The van der Waals surface area contributed by atoms with Crippen LogP contribution in [0.15, 0.2) is 53.0 Å². The number of nitrogens with one attached hydrogen (secondary N) is 1. The average Bonchev–Trinajstić information content (AvgIpc) is 3.34. The zero-order valence-corrected chi connectivity index (χ0v) is 26.0. The summed E-state index contributed by atoms with van der Waals surface area (Å²) in [7, 11) is 4.96. The zero-order chi connectivity index (χ0) is 29.1. The van der Waals surface area contributed by atoms with Crippen LogP contribution in [0.25, 0.3) is 0 Å². The molecule has 3 aromatic rings. The van der Waals surface area contributed by atoms with Crippen LogP contribution in [0.4, 0.5) is 0 Å². The van der Waals surface area contributed by atoms with E-state index < -0.39 is 0 Å². The smallest absolute Gasteiger partial charge is 0.234 e. The molecule has 2 aliphatic rings. The summed E-state index contributed by atoms with van der Waals surface area (Å²) in [6, 6.07) is 16.6. The molecule has 0 saturated heterocycles. The standard InChI is InChI=1S/C33H39BrN2O5/c1-20(2)41-32-18-26-23(17-31(32)40-5)12-13-36(28(26)14-21-6-11-29(38-3)30(15-21)39-4)19-33(37)35-27-10-7-22-16-24(34)8-9-25(22)27/h6,8-9,11,15-18,20,27-28H,7,10,12-14,19H2,1-5H3,(H,35,37). The van der Waals surface area contributed by atoms with Crippen LogP contribution in [0.5, 0.6) is 23.0 Å². The van der Waals surface area contributed by atoms with E-state index in [0.29, 0.717) is 24.5 Å². The SMILES string of the molecule is COc1ccc(CC2c3cc(OC(C)C)c(OC)cc3CCN2CC(=O)NC2CCc3cc(Br)ccc32)cc1OC. The highest BCUT2D eigenvalue weighted by molar-refractivity contribution is 9.10. The van der Waals surface area contributed by atoms with E-state index in [-0.39, 0.29) is 24.1 Å². The zero-order valence-electron chi connectivity index (χ0n) is 24.5. The molecular weight excluding hydrogens is 584 g/mol. The molecule has 0 aromatic heterocycles. The highest BCUT2D eigenvalue weighted by Gasteiger charge is 2.32. The Morgan fingerprint density at radius 2 is 1.63 bits per heavy atom. The summed E-state index contributed by atoms with van der Waals surface area (Å²) < 4.78 is 24.0. The summed E-state index contributed by atoms with van der Waals surface area (Å²) in [6.07, 6.45) is 3.43. The molecule has 0 radical (unpaired) electrons. The normalized spacial score (nSPS) is 18.0. The molecule has 7 nitrogen and oxygen atoms in total. The first-order chi connectivity index (χ1) is 19.8. The molecule has 0 spiro atoms. The minimum absolute atomic E-state index is 0.00614. The van der Waals surface area contributed by atoms with Gasteiger partial charge in [-0.3, -0.25) is 9.69 Å². The molecule has 1 heterocycles. The van der Waals surface area contributed by atoms with Crippen molar-refractivity contribution in [2.75, 3.05) is 34.4 Å². The third-order valence-electron chi connectivity index (χ3n) is 8.00. The number of rotatable bonds is 10. The molecule has 2 unspecified atom stereocenters. The quantitative estimate of drug-likeness (QED) is 0.290. The third-order valence-corrected chi connectivity index (χ3v) is 8.49. The van der Waals surface area contributed by atoms with Gasteiger partial charge < -0.3 is 24.3 Å². The van der Waals surface area contributed by atoms with E-state index in [2.05, 4.69) is 62.5 Å². The highest BCUT2D eigenvalue weighted by Crippen LogP contribution is 2.41. The van der Waals surface area contributed by atoms with Crippen molar-refractivity contribution in [3.05, 3.63) is 80.8 Å². The Kier molecular flexibility index (Phi) is 9.09. The second-order valence-electron chi connectivity index (χ2n) is 11.0. The molecule has 5 rings (SSSR count). The average molecular weight is 624 g/mol. The fraction of sp³-hybridized carbons (Fsp3) is 0.424. The van der Waals surface area contributed by atoms with Crippen molar-refractivity contribution >= 4 is 21.8 Å². The van der Waals surface area contributed by atoms with Crippen LogP contribution in [0, 0.1) is 0 Å². The Labute approximate surface area is 251 Å². The summed E-state index contributed by atoms with van der Waals surface area (Å²) in [5.74, 6) is 2.88. The first kappa shape index (κ1) is 29.3. The van der Waals surface area contributed by atoms with Gasteiger partial charge in [0, 0.05) is 17.1 Å². The van der Waals surface area contributed by atoms with Crippen LogP contribution >= 0.6 is 15.9 Å². The molecular formula is C33H39BrN2O5. The monoisotopic (exact) mass is 622 g/mol. The Morgan fingerprint density at radius 1 is 0.902 bits per heavy atom. The minimum Gasteiger partial charge on any atom is -0.493 e. The second-order valence-corrected chi connectivity index (χ2v) is 11.9. The van der Waals surface area contributed by atoms with Gasteiger partial charge in [0.05, 0.1) is 40.0 Å². The number of aryl methyl sites for hydroxylation is 1. The van der Waals surface area contributed by atoms with Crippen molar-refractivity contribution in [1.29, 1.82) is 0 Å². The van der Waals surface area contributed by atoms with Crippen molar-refractivity contribution < 1.29 is 23.7 Å². The highest BCUT2D eigenvalue weighted by atomic mass is 79.9. The molecule has 1 N–H and O–H groups in total. The maximum Gasteiger partial charge on any atom is 0.234 e. The molecule has 2 atom stereocenters. The van der Waals surface area contributed by atoms with Crippen molar-refractivity contribution in [3.8, 4) is 23.0 Å². The van der Waals surface area contributed by atoms with Gasteiger partial charge in [0.1, 0.15) is 0 Å². The number of ether oxygens (including phenoxy) is 4. The summed E-state index contributed by atoms with van der Waals surface area (Å²) >= 11 is 3.57. The molecule has 8 heteroatoms. The molecule has 0 bridgehead atoms. The number of nitrogens with zero attached hydrogens (tertiary/aromatic N) is 1. The van der Waals surface area contributed by atoms with E-state index in [1.807, 2.05) is 26.0 Å². The lowest BCUT2D eigenvalue weighted by Crippen LogP contribution is -2.44. The van der Waals surface area contributed by atoms with Crippen molar-refractivity contribution in [1.82, 2.24) is 10.2 Å².